The van der Waals surface area contributed by atoms with E-state index in [1.54, 1.807) is 24.8 Å². The minimum atomic E-state index is -1.22. The predicted molar refractivity (Wildman–Crippen MR) is 185 cm³/mol. The summed E-state index contributed by atoms with van der Waals surface area (Å²) in [6, 6.07) is 24.3. The molecule has 5 rings (SSSR count). The molecular weight excluding hydrogens is 596 g/mol. The number of carbonyl (C=O) groups is 2. The third-order valence-electron chi connectivity index (χ3n) is 8.93. The fourth-order valence-electron chi connectivity index (χ4n) is 6.71. The molecule has 0 saturated heterocycles. The summed E-state index contributed by atoms with van der Waals surface area (Å²) in [4.78, 5) is 28.3. The molecule has 4 N–H and O–H groups in total. The number of fused-ring (bicyclic) bond motifs is 3. The monoisotopic (exact) mass is 636 g/mol. The highest BCUT2D eigenvalue weighted by Gasteiger charge is 2.42. The van der Waals surface area contributed by atoms with Crippen LogP contribution in [0.15, 0.2) is 77.2 Å². The van der Waals surface area contributed by atoms with Crippen molar-refractivity contribution in [2.24, 2.45) is 5.73 Å². The molecule has 1 aliphatic heterocycles. The van der Waals surface area contributed by atoms with Gasteiger partial charge in [-0.2, -0.15) is 5.26 Å². The van der Waals surface area contributed by atoms with Crippen molar-refractivity contribution >= 4 is 53.3 Å². The molecule has 8 nitrogen and oxygen atoms in total. The zero-order valence-corrected chi connectivity index (χ0v) is 27.2. The second kappa shape index (κ2) is 14.4. The smallest absolute Gasteiger partial charge is 0.346 e. The van der Waals surface area contributed by atoms with Crippen molar-refractivity contribution in [1.82, 2.24) is 4.90 Å². The van der Waals surface area contributed by atoms with E-state index in [9.17, 15) is 25.1 Å². The zero-order valence-electron chi connectivity index (χ0n) is 26.3. The van der Waals surface area contributed by atoms with Crippen molar-refractivity contribution in [2.45, 2.75) is 80.9 Å². The summed E-state index contributed by atoms with van der Waals surface area (Å²) < 4.78 is 0. The summed E-state index contributed by atoms with van der Waals surface area (Å²) in [5.74, 6) is -1.71. The van der Waals surface area contributed by atoms with E-state index < -0.39 is 18.0 Å². The van der Waals surface area contributed by atoms with Gasteiger partial charge in [0.1, 0.15) is 17.7 Å². The average molecular weight is 637 g/mol. The van der Waals surface area contributed by atoms with Gasteiger partial charge in [-0.1, -0.05) is 55.8 Å². The first-order valence-corrected chi connectivity index (χ1v) is 16.6. The average Bonchev–Trinajstić information content (AvgIpc) is 3.64. The lowest BCUT2D eigenvalue weighted by Gasteiger charge is -2.36. The normalized spacial score (nSPS) is 19.5. The second-order valence-corrected chi connectivity index (χ2v) is 13.2. The summed E-state index contributed by atoms with van der Waals surface area (Å²) >= 11 is 1.63. The van der Waals surface area contributed by atoms with Crippen molar-refractivity contribution in [3.8, 4) is 6.07 Å². The lowest BCUT2D eigenvalue weighted by Crippen LogP contribution is -2.52. The van der Waals surface area contributed by atoms with E-state index >= 15 is 0 Å². The highest BCUT2D eigenvalue weighted by Crippen LogP contribution is 2.52. The van der Waals surface area contributed by atoms with Gasteiger partial charge in [0.15, 0.2) is 0 Å². The zero-order chi connectivity index (χ0) is 33.0. The number of carboxylic acid groups (broad SMARTS) is 2. The lowest BCUT2D eigenvalue weighted by atomic mass is 9.95. The van der Waals surface area contributed by atoms with Crippen LogP contribution in [0.3, 0.4) is 0 Å². The number of thioether (sulfide) groups is 1. The summed E-state index contributed by atoms with van der Waals surface area (Å²) in [5.41, 5.74) is 12.3. The molecule has 0 spiro atoms. The fraction of sp³-hybridized carbons (Fsp3) is 0.324. The molecular formula is C37H40N4O4S. The van der Waals surface area contributed by atoms with Gasteiger partial charge in [-0.25, -0.2) is 4.79 Å². The number of anilines is 2. The Labute approximate surface area is 274 Å². The molecule has 1 aliphatic carbocycles. The van der Waals surface area contributed by atoms with Crippen LogP contribution < -0.4 is 10.6 Å². The van der Waals surface area contributed by atoms with Gasteiger partial charge in [0.25, 0.3) is 0 Å². The number of aliphatic carboxylic acids is 2. The van der Waals surface area contributed by atoms with Crippen LogP contribution in [0, 0.1) is 11.3 Å². The fourth-order valence-corrected chi connectivity index (χ4v) is 7.98. The highest BCUT2D eigenvalue weighted by molar-refractivity contribution is 7.99. The van der Waals surface area contributed by atoms with Crippen LogP contribution in [0.4, 0.5) is 11.4 Å². The predicted octanol–water partition coefficient (Wildman–Crippen LogP) is 7.54. The quantitative estimate of drug-likeness (QED) is 0.0606. The number of carboxylic acids is 2. The van der Waals surface area contributed by atoms with Gasteiger partial charge in [0.2, 0.25) is 0 Å². The molecule has 0 bridgehead atoms. The molecule has 3 aromatic rings. The third-order valence-corrected chi connectivity index (χ3v) is 10.3. The summed E-state index contributed by atoms with van der Waals surface area (Å²) in [7, 11) is 0. The Hall–Kier alpha value is -4.36. The topological polar surface area (TPSA) is 131 Å². The van der Waals surface area contributed by atoms with Gasteiger partial charge in [0.05, 0.1) is 11.5 Å². The molecule has 238 valence electrons. The summed E-state index contributed by atoms with van der Waals surface area (Å²) in [6.45, 7) is 5.55. The maximum atomic E-state index is 11.7. The van der Waals surface area contributed by atoms with Gasteiger partial charge in [-0.05, 0) is 97.8 Å². The van der Waals surface area contributed by atoms with E-state index in [2.05, 4.69) is 71.6 Å². The second-order valence-electron chi connectivity index (χ2n) is 11.9. The number of hydrogen-bond donors (Lipinski definition) is 3. The largest absolute Gasteiger partial charge is 0.480 e. The molecule has 2 aliphatic rings. The summed E-state index contributed by atoms with van der Waals surface area (Å²) in [5, 5.41) is 28.0. The molecule has 1 saturated carbocycles. The van der Waals surface area contributed by atoms with Gasteiger partial charge in [-0.15, -0.1) is 11.8 Å². The van der Waals surface area contributed by atoms with Crippen molar-refractivity contribution < 1.29 is 19.8 Å². The van der Waals surface area contributed by atoms with Gasteiger partial charge in [-0.3, -0.25) is 9.69 Å². The molecule has 5 atom stereocenters. The maximum Gasteiger partial charge on any atom is 0.346 e. The van der Waals surface area contributed by atoms with Crippen molar-refractivity contribution in [3.63, 3.8) is 0 Å². The number of nitrogens with two attached hydrogens (primary N) is 1. The van der Waals surface area contributed by atoms with Crippen LogP contribution >= 0.6 is 11.8 Å². The van der Waals surface area contributed by atoms with Gasteiger partial charge >= 0.3 is 11.9 Å². The van der Waals surface area contributed by atoms with E-state index in [4.69, 9.17) is 5.73 Å². The van der Waals surface area contributed by atoms with Crippen LogP contribution in [-0.2, 0) is 9.59 Å². The lowest BCUT2D eigenvalue weighted by molar-refractivity contribution is -0.143. The standard InChI is InChI=1S/C37H40N4O4S/c1-4-35(40(24(3)39)23(2)36(42)43)46-30-17-12-26(13-18-30)9-8-25-10-15-29(16-11-25)41-33-7-5-6-31(33)32-21-27(14-19-34(32)41)20-28(22-38)37(44)45/h8-21,23-24,31,33,35H,4-7,39H2,1-3H3,(H,42,43)(H,44,45)/b9-8-,28-20+. The van der Waals surface area contributed by atoms with E-state index in [-0.39, 0.29) is 17.1 Å². The van der Waals surface area contributed by atoms with E-state index in [0.717, 1.165) is 58.6 Å². The maximum absolute atomic E-state index is 11.7. The Bertz CT molecular complexity index is 1680. The van der Waals surface area contributed by atoms with Gasteiger partial charge in [0, 0.05) is 28.2 Å². The summed E-state index contributed by atoms with van der Waals surface area (Å²) in [6.07, 6.45) is 9.35. The Morgan fingerprint density at radius 1 is 1.02 bits per heavy atom. The van der Waals surface area contributed by atoms with E-state index in [1.807, 2.05) is 30.9 Å². The first-order valence-electron chi connectivity index (χ1n) is 15.7. The number of rotatable bonds is 12. The Morgan fingerprint density at radius 2 is 1.65 bits per heavy atom. The SMILES string of the molecule is CCC(Sc1ccc(/C=C\c2ccc(N3c4ccc(/C=C(\C#N)C(=O)O)cc4C4CCCC43)cc2)cc1)N(C(C)N)C(C)C(=O)O. The molecule has 46 heavy (non-hydrogen) atoms. The van der Waals surface area contributed by atoms with E-state index in [1.165, 1.54) is 11.6 Å². The molecule has 1 heterocycles. The first kappa shape index (κ1) is 33.0. The number of nitrogens with zero attached hydrogens (tertiary/aromatic N) is 3. The van der Waals surface area contributed by atoms with Crippen LogP contribution in [-0.4, -0.2) is 50.7 Å². The molecule has 0 radical (unpaired) electrons. The van der Waals surface area contributed by atoms with Crippen LogP contribution in [0.25, 0.3) is 18.2 Å². The Kier molecular flexibility index (Phi) is 10.3. The Morgan fingerprint density at radius 3 is 2.22 bits per heavy atom. The number of benzene rings is 3. The van der Waals surface area contributed by atoms with E-state index in [0.29, 0.717) is 12.0 Å². The Balaban J connectivity index is 1.28. The molecule has 1 fully saturated rings. The minimum Gasteiger partial charge on any atom is -0.480 e. The minimum absolute atomic E-state index is 0.0552. The number of nitriles is 1. The molecule has 5 unspecified atom stereocenters. The van der Waals surface area contributed by atoms with Crippen molar-refractivity contribution in [1.29, 1.82) is 5.26 Å². The van der Waals surface area contributed by atoms with Gasteiger partial charge < -0.3 is 20.8 Å². The first-order chi connectivity index (χ1) is 22.1. The van der Waals surface area contributed by atoms with Crippen LogP contribution in [0.5, 0.6) is 0 Å². The third kappa shape index (κ3) is 7.05. The molecule has 0 aromatic heterocycles. The van der Waals surface area contributed by atoms with Crippen LogP contribution in [0.1, 0.15) is 74.6 Å². The molecule has 3 aromatic carbocycles. The highest BCUT2D eigenvalue weighted by atomic mass is 32.2. The number of hydrogen-bond acceptors (Lipinski definition) is 7. The van der Waals surface area contributed by atoms with Crippen LogP contribution in [0.2, 0.25) is 0 Å². The van der Waals surface area contributed by atoms with Crippen molar-refractivity contribution in [2.75, 3.05) is 4.90 Å². The molecule has 0 amide bonds. The molecule has 9 heteroatoms. The van der Waals surface area contributed by atoms with Crippen molar-refractivity contribution in [3.05, 3.63) is 94.6 Å².